The zero-order valence-electron chi connectivity index (χ0n) is 11.3. The number of carbonyl (C=O) groups is 1. The average molecular weight is 266 g/mol. The fourth-order valence-electron chi connectivity index (χ4n) is 1.93. The predicted molar refractivity (Wildman–Crippen MR) is 72.4 cm³/mol. The average Bonchev–Trinajstić information content (AvgIpc) is 2.28. The van der Waals surface area contributed by atoms with Gasteiger partial charge in [0.25, 0.3) is 5.69 Å². The van der Waals surface area contributed by atoms with Gasteiger partial charge in [0.1, 0.15) is 11.2 Å². The molecule has 0 spiro atoms. The molecule has 1 aromatic carbocycles. The molecule has 1 atom stereocenters. The van der Waals surface area contributed by atoms with Gasteiger partial charge >= 0.3 is 5.97 Å². The molecule has 0 bridgehead atoms. The number of benzene rings is 1. The number of nitro benzene ring substituents is 1. The molecule has 0 saturated carbocycles. The van der Waals surface area contributed by atoms with Gasteiger partial charge in [0.2, 0.25) is 0 Å². The maximum Gasteiger partial charge on any atom is 0.329 e. The predicted octanol–water partition coefficient (Wildman–Crippen LogP) is 2.96. The standard InChI is InChI=1S/C13H18N2O4/c1-4-7-13(3,12(16)17)14-10-8-9(2)5-6-11(10)15(18)19/h5-6,8,14H,4,7H2,1-3H3,(H,16,17). The highest BCUT2D eigenvalue weighted by Gasteiger charge is 2.33. The summed E-state index contributed by atoms with van der Waals surface area (Å²) in [5, 5.41) is 23.1. The van der Waals surface area contributed by atoms with Crippen molar-refractivity contribution in [1.29, 1.82) is 0 Å². The molecule has 6 heteroatoms. The molecule has 0 aliphatic heterocycles. The number of nitro groups is 1. The zero-order chi connectivity index (χ0) is 14.6. The van der Waals surface area contributed by atoms with E-state index in [0.717, 1.165) is 5.56 Å². The summed E-state index contributed by atoms with van der Waals surface area (Å²) in [5.41, 5.74) is -0.261. The first-order valence-corrected chi connectivity index (χ1v) is 6.07. The zero-order valence-corrected chi connectivity index (χ0v) is 11.3. The molecule has 1 rings (SSSR count). The van der Waals surface area contributed by atoms with Crippen molar-refractivity contribution in [3.63, 3.8) is 0 Å². The number of nitrogens with zero attached hydrogens (tertiary/aromatic N) is 1. The minimum absolute atomic E-state index is 0.117. The van der Waals surface area contributed by atoms with E-state index in [1.165, 1.54) is 13.0 Å². The number of aliphatic carboxylic acids is 1. The molecule has 0 heterocycles. The number of anilines is 1. The smallest absolute Gasteiger partial charge is 0.329 e. The van der Waals surface area contributed by atoms with Crippen molar-refractivity contribution >= 4 is 17.3 Å². The Labute approximate surface area is 111 Å². The molecule has 0 aliphatic carbocycles. The van der Waals surface area contributed by atoms with E-state index in [-0.39, 0.29) is 11.4 Å². The summed E-state index contributed by atoms with van der Waals surface area (Å²) >= 11 is 0. The van der Waals surface area contributed by atoms with Crippen LogP contribution in [0.4, 0.5) is 11.4 Å². The lowest BCUT2D eigenvalue weighted by Crippen LogP contribution is -2.43. The second-order valence-electron chi connectivity index (χ2n) is 4.79. The Hall–Kier alpha value is -2.11. The number of carboxylic acid groups (broad SMARTS) is 1. The minimum atomic E-state index is -1.21. The van der Waals surface area contributed by atoms with Gasteiger partial charge in [-0.2, -0.15) is 0 Å². The first-order chi connectivity index (χ1) is 8.80. The molecule has 1 unspecified atom stereocenters. The third kappa shape index (κ3) is 3.43. The van der Waals surface area contributed by atoms with E-state index in [2.05, 4.69) is 5.32 Å². The number of rotatable bonds is 6. The SMILES string of the molecule is CCCC(C)(Nc1cc(C)ccc1[N+](=O)[O-])C(=O)O. The molecule has 0 aliphatic rings. The fourth-order valence-corrected chi connectivity index (χ4v) is 1.93. The van der Waals surface area contributed by atoms with Gasteiger partial charge < -0.3 is 10.4 Å². The third-order valence-electron chi connectivity index (χ3n) is 2.98. The third-order valence-corrected chi connectivity index (χ3v) is 2.98. The quantitative estimate of drug-likeness (QED) is 0.610. The second-order valence-corrected chi connectivity index (χ2v) is 4.79. The first kappa shape index (κ1) is 14.9. The fraction of sp³-hybridized carbons (Fsp3) is 0.462. The molecule has 104 valence electrons. The Morgan fingerprint density at radius 1 is 1.53 bits per heavy atom. The highest BCUT2D eigenvalue weighted by atomic mass is 16.6. The Morgan fingerprint density at radius 3 is 2.63 bits per heavy atom. The highest BCUT2D eigenvalue weighted by Crippen LogP contribution is 2.29. The van der Waals surface area contributed by atoms with Crippen LogP contribution in [0.5, 0.6) is 0 Å². The largest absolute Gasteiger partial charge is 0.480 e. The topological polar surface area (TPSA) is 92.5 Å². The molecule has 0 radical (unpaired) electrons. The van der Waals surface area contributed by atoms with Crippen LogP contribution in [0, 0.1) is 17.0 Å². The van der Waals surface area contributed by atoms with E-state index in [0.29, 0.717) is 12.8 Å². The molecule has 6 nitrogen and oxygen atoms in total. The van der Waals surface area contributed by atoms with Crippen molar-refractivity contribution in [3.8, 4) is 0 Å². The molecule has 0 amide bonds. The Bertz CT molecular complexity index is 501. The summed E-state index contributed by atoms with van der Waals surface area (Å²) in [6.07, 6.45) is 1.04. The molecular formula is C13H18N2O4. The van der Waals surface area contributed by atoms with E-state index < -0.39 is 16.4 Å². The van der Waals surface area contributed by atoms with Gasteiger partial charge in [-0.15, -0.1) is 0 Å². The van der Waals surface area contributed by atoms with Crippen LogP contribution in [-0.4, -0.2) is 21.5 Å². The van der Waals surface area contributed by atoms with Crippen LogP contribution in [0.3, 0.4) is 0 Å². The number of nitrogens with one attached hydrogen (secondary N) is 1. The van der Waals surface area contributed by atoms with Crippen LogP contribution in [0.2, 0.25) is 0 Å². The molecule has 0 saturated heterocycles. The van der Waals surface area contributed by atoms with E-state index in [4.69, 9.17) is 0 Å². The lowest BCUT2D eigenvalue weighted by molar-refractivity contribution is -0.384. The van der Waals surface area contributed by atoms with Crippen LogP contribution in [0.25, 0.3) is 0 Å². The van der Waals surface area contributed by atoms with E-state index >= 15 is 0 Å². The van der Waals surface area contributed by atoms with E-state index in [1.807, 2.05) is 6.92 Å². The molecule has 19 heavy (non-hydrogen) atoms. The summed E-state index contributed by atoms with van der Waals surface area (Å²) in [7, 11) is 0. The summed E-state index contributed by atoms with van der Waals surface area (Å²) in [4.78, 5) is 21.8. The number of hydrogen-bond donors (Lipinski definition) is 2. The van der Waals surface area contributed by atoms with E-state index in [1.54, 1.807) is 19.1 Å². The summed E-state index contributed by atoms with van der Waals surface area (Å²) in [6, 6.07) is 4.60. The number of aryl methyl sites for hydroxylation is 1. The normalized spacial score (nSPS) is 13.6. The van der Waals surface area contributed by atoms with Crippen LogP contribution in [0.1, 0.15) is 32.3 Å². The van der Waals surface area contributed by atoms with Crippen LogP contribution < -0.4 is 5.32 Å². The highest BCUT2D eigenvalue weighted by molar-refractivity contribution is 5.83. The van der Waals surface area contributed by atoms with Gasteiger partial charge in [-0.05, 0) is 31.9 Å². The lowest BCUT2D eigenvalue weighted by Gasteiger charge is -2.27. The van der Waals surface area contributed by atoms with Gasteiger partial charge in [-0.1, -0.05) is 19.4 Å². The molecule has 0 aromatic heterocycles. The summed E-state index contributed by atoms with van der Waals surface area (Å²) < 4.78 is 0. The van der Waals surface area contributed by atoms with Gasteiger partial charge in [-0.3, -0.25) is 10.1 Å². The van der Waals surface area contributed by atoms with Crippen molar-refractivity contribution in [2.45, 2.75) is 39.2 Å². The minimum Gasteiger partial charge on any atom is -0.480 e. The van der Waals surface area contributed by atoms with Gasteiger partial charge in [-0.25, -0.2) is 4.79 Å². The van der Waals surface area contributed by atoms with Crippen molar-refractivity contribution in [1.82, 2.24) is 0 Å². The Morgan fingerprint density at radius 2 is 2.16 bits per heavy atom. The Balaban J connectivity index is 3.19. The van der Waals surface area contributed by atoms with Crippen LogP contribution >= 0.6 is 0 Å². The lowest BCUT2D eigenvalue weighted by atomic mass is 9.95. The maximum absolute atomic E-state index is 11.3. The first-order valence-electron chi connectivity index (χ1n) is 6.07. The molecular weight excluding hydrogens is 248 g/mol. The van der Waals surface area contributed by atoms with Crippen molar-refractivity contribution in [3.05, 3.63) is 33.9 Å². The molecule has 0 fully saturated rings. The molecule has 2 N–H and O–H groups in total. The number of carboxylic acids is 1. The summed E-state index contributed by atoms with van der Waals surface area (Å²) in [5.74, 6) is -1.02. The van der Waals surface area contributed by atoms with Crippen LogP contribution in [-0.2, 0) is 4.79 Å². The van der Waals surface area contributed by atoms with Crippen LogP contribution in [0.15, 0.2) is 18.2 Å². The molecule has 1 aromatic rings. The van der Waals surface area contributed by atoms with Crippen molar-refractivity contribution < 1.29 is 14.8 Å². The van der Waals surface area contributed by atoms with Gasteiger partial charge in [0, 0.05) is 6.07 Å². The van der Waals surface area contributed by atoms with Gasteiger partial charge in [0.15, 0.2) is 0 Å². The maximum atomic E-state index is 11.3. The summed E-state index contributed by atoms with van der Waals surface area (Å²) in [6.45, 7) is 5.20. The second kappa shape index (κ2) is 5.69. The Kier molecular flexibility index (Phi) is 4.47. The number of hydrogen-bond acceptors (Lipinski definition) is 4. The van der Waals surface area contributed by atoms with Crippen molar-refractivity contribution in [2.24, 2.45) is 0 Å². The van der Waals surface area contributed by atoms with Crippen molar-refractivity contribution in [2.75, 3.05) is 5.32 Å². The van der Waals surface area contributed by atoms with E-state index in [9.17, 15) is 20.0 Å². The van der Waals surface area contributed by atoms with Gasteiger partial charge in [0.05, 0.1) is 4.92 Å². The monoisotopic (exact) mass is 266 g/mol.